The quantitative estimate of drug-likeness (QED) is 0.559. The van der Waals surface area contributed by atoms with Crippen LogP contribution in [0.3, 0.4) is 0 Å². The summed E-state index contributed by atoms with van der Waals surface area (Å²) in [5.74, 6) is 1.86. The molecule has 6 nitrogen and oxygen atoms in total. The minimum Gasteiger partial charge on any atom is -0.486 e. The Kier molecular flexibility index (Phi) is 6.24. The lowest BCUT2D eigenvalue weighted by atomic mass is 10.1. The van der Waals surface area contributed by atoms with Crippen LogP contribution in [0.4, 0.5) is 5.69 Å². The molecule has 152 valence electrons. The van der Waals surface area contributed by atoms with Crippen molar-refractivity contribution in [3.8, 4) is 11.5 Å². The number of hydrogen-bond donors (Lipinski definition) is 1. The van der Waals surface area contributed by atoms with E-state index < -0.39 is 0 Å². The molecule has 0 bridgehead atoms. The van der Waals surface area contributed by atoms with Gasteiger partial charge in [0, 0.05) is 36.2 Å². The van der Waals surface area contributed by atoms with Gasteiger partial charge in [-0.1, -0.05) is 18.2 Å². The molecule has 1 atom stereocenters. The van der Waals surface area contributed by atoms with Gasteiger partial charge in [0.05, 0.1) is 5.92 Å². The maximum absolute atomic E-state index is 12.5. The van der Waals surface area contributed by atoms with Gasteiger partial charge in [-0.3, -0.25) is 9.59 Å². The SMILES string of the molecule is O=C(NCCCSc1ccccc1)[C@H]1CC(=O)N(c2ccc3c(c2)OCCO3)C1. The molecule has 1 saturated heterocycles. The van der Waals surface area contributed by atoms with Crippen molar-refractivity contribution in [2.45, 2.75) is 17.7 Å². The Morgan fingerprint density at radius 3 is 2.72 bits per heavy atom. The van der Waals surface area contributed by atoms with Gasteiger partial charge >= 0.3 is 0 Å². The van der Waals surface area contributed by atoms with Crippen molar-refractivity contribution in [2.24, 2.45) is 5.92 Å². The lowest BCUT2D eigenvalue weighted by Crippen LogP contribution is -2.33. The summed E-state index contributed by atoms with van der Waals surface area (Å²) in [6.45, 7) is 2.04. The number of benzene rings is 2. The molecule has 0 unspecified atom stereocenters. The zero-order valence-corrected chi connectivity index (χ0v) is 17.0. The first-order valence-corrected chi connectivity index (χ1v) is 10.8. The largest absolute Gasteiger partial charge is 0.486 e. The number of hydrogen-bond acceptors (Lipinski definition) is 5. The number of carbonyl (C=O) groups excluding carboxylic acids is 2. The topological polar surface area (TPSA) is 67.9 Å². The second-order valence-electron chi connectivity index (χ2n) is 7.04. The number of fused-ring (bicyclic) bond motifs is 1. The lowest BCUT2D eigenvalue weighted by molar-refractivity contribution is -0.126. The third-order valence-electron chi connectivity index (χ3n) is 4.97. The minimum absolute atomic E-state index is 0.0403. The second-order valence-corrected chi connectivity index (χ2v) is 8.21. The molecular weight excluding hydrogens is 388 g/mol. The Hall–Kier alpha value is -2.67. The van der Waals surface area contributed by atoms with Crippen molar-refractivity contribution >= 4 is 29.3 Å². The van der Waals surface area contributed by atoms with Crippen LogP contribution in [0.1, 0.15) is 12.8 Å². The maximum Gasteiger partial charge on any atom is 0.227 e. The van der Waals surface area contributed by atoms with Gasteiger partial charge < -0.3 is 19.7 Å². The average molecular weight is 413 g/mol. The molecule has 29 heavy (non-hydrogen) atoms. The van der Waals surface area contributed by atoms with Crippen molar-refractivity contribution in [3.63, 3.8) is 0 Å². The van der Waals surface area contributed by atoms with Crippen LogP contribution in [-0.4, -0.2) is 43.9 Å². The molecule has 0 saturated carbocycles. The summed E-state index contributed by atoms with van der Waals surface area (Å²) in [5, 5.41) is 2.98. The molecule has 2 aromatic carbocycles. The van der Waals surface area contributed by atoms with Crippen molar-refractivity contribution in [1.82, 2.24) is 5.32 Å². The van der Waals surface area contributed by atoms with Crippen LogP contribution in [0.5, 0.6) is 11.5 Å². The number of carbonyl (C=O) groups is 2. The molecule has 2 heterocycles. The van der Waals surface area contributed by atoms with Crippen molar-refractivity contribution < 1.29 is 19.1 Å². The summed E-state index contributed by atoms with van der Waals surface area (Å²) in [5.41, 5.74) is 0.744. The summed E-state index contributed by atoms with van der Waals surface area (Å²) < 4.78 is 11.1. The molecule has 2 aromatic rings. The average Bonchev–Trinajstić information content (AvgIpc) is 3.15. The van der Waals surface area contributed by atoms with Gasteiger partial charge in [0.1, 0.15) is 13.2 Å². The van der Waals surface area contributed by atoms with E-state index >= 15 is 0 Å². The van der Waals surface area contributed by atoms with E-state index in [1.165, 1.54) is 4.90 Å². The normalized spacial score (nSPS) is 18.0. The number of amides is 2. The predicted molar refractivity (Wildman–Crippen MR) is 113 cm³/mol. The Labute approximate surface area is 174 Å². The molecule has 0 spiro atoms. The number of rotatable bonds is 7. The molecule has 1 N–H and O–H groups in total. The van der Waals surface area contributed by atoms with Crippen LogP contribution in [0.25, 0.3) is 0 Å². The van der Waals surface area contributed by atoms with Crippen LogP contribution in [0, 0.1) is 5.92 Å². The molecule has 1 fully saturated rings. The number of thioether (sulfide) groups is 1. The highest BCUT2D eigenvalue weighted by Crippen LogP contribution is 2.36. The molecule has 0 radical (unpaired) electrons. The molecule has 2 aliphatic rings. The van der Waals surface area contributed by atoms with Gasteiger partial charge in [-0.15, -0.1) is 11.8 Å². The lowest BCUT2D eigenvalue weighted by Gasteiger charge is -2.22. The predicted octanol–water partition coefficient (Wildman–Crippen LogP) is 3.11. The number of ether oxygens (including phenoxy) is 2. The van der Waals surface area contributed by atoms with Crippen LogP contribution in [-0.2, 0) is 9.59 Å². The smallest absolute Gasteiger partial charge is 0.227 e. The minimum atomic E-state index is -0.322. The Morgan fingerprint density at radius 2 is 1.90 bits per heavy atom. The first-order chi connectivity index (χ1) is 14.2. The number of nitrogens with one attached hydrogen (secondary N) is 1. The van der Waals surface area contributed by atoms with Gasteiger partial charge in [0.25, 0.3) is 0 Å². The third-order valence-corrected chi connectivity index (χ3v) is 6.06. The van der Waals surface area contributed by atoms with E-state index in [1.807, 2.05) is 36.4 Å². The van der Waals surface area contributed by atoms with E-state index in [4.69, 9.17) is 9.47 Å². The monoisotopic (exact) mass is 412 g/mol. The van der Waals surface area contributed by atoms with E-state index in [0.717, 1.165) is 17.9 Å². The highest BCUT2D eigenvalue weighted by Gasteiger charge is 2.35. The van der Waals surface area contributed by atoms with E-state index in [0.29, 0.717) is 37.8 Å². The highest BCUT2D eigenvalue weighted by atomic mass is 32.2. The van der Waals surface area contributed by atoms with E-state index in [2.05, 4.69) is 17.4 Å². The summed E-state index contributed by atoms with van der Waals surface area (Å²) in [6.07, 6.45) is 1.12. The van der Waals surface area contributed by atoms with Crippen molar-refractivity contribution in [3.05, 3.63) is 48.5 Å². The fourth-order valence-electron chi connectivity index (χ4n) is 3.47. The zero-order valence-electron chi connectivity index (χ0n) is 16.1. The first-order valence-electron chi connectivity index (χ1n) is 9.86. The Morgan fingerprint density at radius 1 is 1.10 bits per heavy atom. The molecule has 2 amide bonds. The number of anilines is 1. The first kappa shape index (κ1) is 19.6. The highest BCUT2D eigenvalue weighted by molar-refractivity contribution is 7.99. The standard InChI is InChI=1S/C22H24N2O4S/c25-21-13-16(22(26)23-9-4-12-29-18-5-2-1-3-6-18)15-24(21)17-7-8-19-20(14-17)28-11-10-27-19/h1-3,5-8,14,16H,4,9-13,15H2,(H,23,26)/t16-/m0/s1. The Bertz CT molecular complexity index is 874. The van der Waals surface area contributed by atoms with Gasteiger partial charge in [-0.2, -0.15) is 0 Å². The third kappa shape index (κ3) is 4.85. The summed E-state index contributed by atoms with van der Waals surface area (Å²) in [4.78, 5) is 27.8. The fourth-order valence-corrected chi connectivity index (χ4v) is 4.34. The van der Waals surface area contributed by atoms with Crippen LogP contribution in [0.15, 0.2) is 53.4 Å². The molecule has 0 aromatic heterocycles. The molecule has 4 rings (SSSR count). The fraction of sp³-hybridized carbons (Fsp3) is 0.364. The summed E-state index contributed by atoms with van der Waals surface area (Å²) in [7, 11) is 0. The van der Waals surface area contributed by atoms with Gasteiger partial charge in [0.2, 0.25) is 11.8 Å². The molecule has 0 aliphatic carbocycles. The van der Waals surface area contributed by atoms with E-state index in [9.17, 15) is 9.59 Å². The van der Waals surface area contributed by atoms with Crippen LogP contribution < -0.4 is 19.7 Å². The second kappa shape index (κ2) is 9.22. The van der Waals surface area contributed by atoms with Gasteiger partial charge in [-0.05, 0) is 36.4 Å². The molecule has 2 aliphatic heterocycles. The summed E-state index contributed by atoms with van der Waals surface area (Å²) in [6, 6.07) is 15.7. The summed E-state index contributed by atoms with van der Waals surface area (Å²) >= 11 is 1.78. The van der Waals surface area contributed by atoms with Gasteiger partial charge in [0.15, 0.2) is 11.5 Å². The van der Waals surface area contributed by atoms with Crippen LogP contribution in [0.2, 0.25) is 0 Å². The zero-order chi connectivity index (χ0) is 20.1. The molecular formula is C22H24N2O4S. The Balaban J connectivity index is 1.25. The van der Waals surface area contributed by atoms with E-state index in [-0.39, 0.29) is 24.2 Å². The van der Waals surface area contributed by atoms with Crippen molar-refractivity contribution in [2.75, 3.05) is 37.0 Å². The van der Waals surface area contributed by atoms with Gasteiger partial charge in [-0.25, -0.2) is 0 Å². The maximum atomic E-state index is 12.5. The van der Waals surface area contributed by atoms with Crippen molar-refractivity contribution in [1.29, 1.82) is 0 Å². The van der Waals surface area contributed by atoms with E-state index in [1.54, 1.807) is 16.7 Å². The van der Waals surface area contributed by atoms with Crippen LogP contribution >= 0.6 is 11.8 Å². The number of nitrogens with zero attached hydrogens (tertiary/aromatic N) is 1. The molecule has 7 heteroatoms.